The summed E-state index contributed by atoms with van der Waals surface area (Å²) in [6.07, 6.45) is -3.56. The van der Waals surface area contributed by atoms with Crippen molar-refractivity contribution in [3.63, 3.8) is 0 Å². The van der Waals surface area contributed by atoms with E-state index in [9.17, 15) is 27.6 Å². The molecule has 0 radical (unpaired) electrons. The molecule has 0 saturated carbocycles. The van der Waals surface area contributed by atoms with Gasteiger partial charge in [0.15, 0.2) is 0 Å². The maximum Gasteiger partial charge on any atom is 0.405 e. The number of halogens is 3. The molecule has 1 aliphatic rings. The Kier molecular flexibility index (Phi) is 8.32. The van der Waals surface area contributed by atoms with Gasteiger partial charge in [0, 0.05) is 10.9 Å². The average molecular weight is 498 g/mol. The highest BCUT2D eigenvalue weighted by atomic mass is 32.1. The largest absolute Gasteiger partial charge is 0.462 e. The van der Waals surface area contributed by atoms with Crippen LogP contribution in [0.15, 0.2) is 29.6 Å². The lowest BCUT2D eigenvalue weighted by Gasteiger charge is -2.23. The molecule has 1 saturated heterocycles. The lowest BCUT2D eigenvalue weighted by atomic mass is 10.0. The zero-order chi connectivity index (χ0) is 24.9. The van der Waals surface area contributed by atoms with Crippen LogP contribution in [0.5, 0.6) is 0 Å². The number of hydrogen-bond acceptors (Lipinski definition) is 6. The molecule has 2 heterocycles. The summed E-state index contributed by atoms with van der Waals surface area (Å²) in [6.45, 7) is 2.60. The van der Waals surface area contributed by atoms with Gasteiger partial charge in [-0.15, -0.1) is 11.3 Å². The number of thiophene rings is 1. The van der Waals surface area contributed by atoms with Crippen LogP contribution in [0, 0.1) is 6.92 Å². The molecule has 0 spiro atoms. The van der Waals surface area contributed by atoms with Gasteiger partial charge in [-0.25, -0.2) is 4.79 Å². The predicted octanol–water partition coefficient (Wildman–Crippen LogP) is 3.98. The van der Waals surface area contributed by atoms with Crippen molar-refractivity contribution in [1.29, 1.82) is 0 Å². The number of alkyl halides is 3. The summed E-state index contributed by atoms with van der Waals surface area (Å²) in [5.41, 5.74) is 2.73. The normalized spacial score (nSPS) is 16.3. The van der Waals surface area contributed by atoms with Crippen LogP contribution in [-0.4, -0.2) is 61.1 Å². The van der Waals surface area contributed by atoms with Crippen molar-refractivity contribution in [3.8, 4) is 11.1 Å². The maximum atomic E-state index is 12.8. The third-order valence-corrected chi connectivity index (χ3v) is 6.26. The van der Waals surface area contributed by atoms with E-state index < -0.39 is 36.5 Å². The third-order valence-electron chi connectivity index (χ3n) is 5.36. The molecule has 7 nitrogen and oxygen atoms in total. The number of amides is 2. The molecular weight excluding hydrogens is 471 g/mol. The molecule has 1 aromatic heterocycles. The van der Waals surface area contributed by atoms with E-state index in [1.165, 1.54) is 11.3 Å². The van der Waals surface area contributed by atoms with Crippen molar-refractivity contribution in [2.75, 3.05) is 31.6 Å². The zero-order valence-electron chi connectivity index (χ0n) is 18.8. The van der Waals surface area contributed by atoms with E-state index in [0.717, 1.165) is 11.1 Å². The molecule has 2 aromatic rings. The Morgan fingerprint density at radius 1 is 1.21 bits per heavy atom. The van der Waals surface area contributed by atoms with Gasteiger partial charge >= 0.3 is 12.1 Å². The molecule has 1 aromatic carbocycles. The number of aryl methyl sites for hydroxylation is 1. The summed E-state index contributed by atoms with van der Waals surface area (Å²) in [4.78, 5) is 39.2. The van der Waals surface area contributed by atoms with Gasteiger partial charge in [-0.2, -0.15) is 13.2 Å². The lowest BCUT2D eigenvalue weighted by Crippen LogP contribution is -2.47. The quantitative estimate of drug-likeness (QED) is 0.539. The van der Waals surface area contributed by atoms with Gasteiger partial charge in [-0.05, 0) is 38.8 Å². The van der Waals surface area contributed by atoms with Gasteiger partial charge in [-0.1, -0.05) is 29.8 Å². The van der Waals surface area contributed by atoms with E-state index in [0.29, 0.717) is 30.0 Å². The number of anilines is 1. The highest BCUT2D eigenvalue weighted by Gasteiger charge is 2.35. The number of esters is 1. The molecule has 0 aliphatic carbocycles. The number of likely N-dealkylation sites (tertiary alicyclic amines) is 1. The zero-order valence-corrected chi connectivity index (χ0v) is 19.6. The van der Waals surface area contributed by atoms with Crippen molar-refractivity contribution in [3.05, 3.63) is 40.8 Å². The summed E-state index contributed by atoms with van der Waals surface area (Å²) in [5.74, 6) is -1.80. The van der Waals surface area contributed by atoms with E-state index >= 15 is 0 Å². The molecular formula is C23H26F3N3O4S. The second kappa shape index (κ2) is 11.0. The summed E-state index contributed by atoms with van der Waals surface area (Å²) in [6, 6.07) is 6.76. The standard InChI is InChI=1S/C23H26F3N3O4S/c1-3-33-22(32)19-16(15-8-6-14(2)7-9-15)12-34-21(19)28-18(30)11-29-10-4-5-17(29)20(31)27-13-23(24,25)26/h6-9,12,17H,3-5,10-11,13H2,1-2H3,(H,27,31)(H,28,30). The molecule has 1 fully saturated rings. The van der Waals surface area contributed by atoms with Crippen LogP contribution in [0.1, 0.15) is 35.7 Å². The van der Waals surface area contributed by atoms with Gasteiger partial charge in [0.2, 0.25) is 11.8 Å². The number of nitrogens with one attached hydrogen (secondary N) is 2. The van der Waals surface area contributed by atoms with Crippen LogP contribution in [0.2, 0.25) is 0 Å². The Morgan fingerprint density at radius 2 is 1.91 bits per heavy atom. The Hall–Kier alpha value is -2.92. The highest BCUT2D eigenvalue weighted by Crippen LogP contribution is 2.36. The smallest absolute Gasteiger partial charge is 0.405 e. The summed E-state index contributed by atoms with van der Waals surface area (Å²) in [5, 5.41) is 6.68. The number of ether oxygens (including phenoxy) is 1. The van der Waals surface area contributed by atoms with Gasteiger partial charge < -0.3 is 15.4 Å². The third kappa shape index (κ3) is 6.57. The van der Waals surface area contributed by atoms with Crippen LogP contribution in [0.4, 0.5) is 18.2 Å². The van der Waals surface area contributed by atoms with Crippen molar-refractivity contribution >= 4 is 34.1 Å². The second-order valence-electron chi connectivity index (χ2n) is 7.95. The Bertz CT molecular complexity index is 1040. The fraction of sp³-hybridized carbons (Fsp3) is 0.435. The molecule has 1 aliphatic heterocycles. The SMILES string of the molecule is CCOC(=O)c1c(-c2ccc(C)cc2)csc1NC(=O)CN1CCCC1C(=O)NCC(F)(F)F. The van der Waals surface area contributed by atoms with Crippen molar-refractivity contribution in [2.24, 2.45) is 0 Å². The topological polar surface area (TPSA) is 87.7 Å². The van der Waals surface area contributed by atoms with Crippen LogP contribution in [0.3, 0.4) is 0 Å². The van der Waals surface area contributed by atoms with Gasteiger partial charge in [-0.3, -0.25) is 14.5 Å². The van der Waals surface area contributed by atoms with Crippen molar-refractivity contribution in [1.82, 2.24) is 10.2 Å². The van der Waals surface area contributed by atoms with E-state index in [1.54, 1.807) is 17.2 Å². The molecule has 0 bridgehead atoms. The van der Waals surface area contributed by atoms with E-state index in [1.807, 2.05) is 36.5 Å². The highest BCUT2D eigenvalue weighted by molar-refractivity contribution is 7.15. The fourth-order valence-electron chi connectivity index (χ4n) is 3.77. The van der Waals surface area contributed by atoms with Crippen LogP contribution >= 0.6 is 11.3 Å². The van der Waals surface area contributed by atoms with Crippen LogP contribution in [-0.2, 0) is 14.3 Å². The summed E-state index contributed by atoms with van der Waals surface area (Å²) < 4.78 is 42.5. The van der Waals surface area contributed by atoms with Crippen LogP contribution in [0.25, 0.3) is 11.1 Å². The molecule has 1 unspecified atom stereocenters. The molecule has 2 amide bonds. The number of hydrogen-bond donors (Lipinski definition) is 2. The Morgan fingerprint density at radius 3 is 2.56 bits per heavy atom. The minimum Gasteiger partial charge on any atom is -0.462 e. The first-order valence-corrected chi connectivity index (χ1v) is 11.7. The molecule has 2 N–H and O–H groups in total. The Labute approximate surface area is 199 Å². The fourth-order valence-corrected chi connectivity index (χ4v) is 4.74. The molecule has 34 heavy (non-hydrogen) atoms. The number of carbonyl (C=O) groups is 3. The van der Waals surface area contributed by atoms with Gasteiger partial charge in [0.25, 0.3) is 0 Å². The average Bonchev–Trinajstić information content (AvgIpc) is 3.39. The number of benzene rings is 1. The second-order valence-corrected chi connectivity index (χ2v) is 8.83. The van der Waals surface area contributed by atoms with Crippen molar-refractivity contribution < 1.29 is 32.3 Å². The summed E-state index contributed by atoms with van der Waals surface area (Å²) >= 11 is 1.18. The summed E-state index contributed by atoms with van der Waals surface area (Å²) in [7, 11) is 0. The van der Waals surface area contributed by atoms with Gasteiger partial charge in [0.05, 0.1) is 19.2 Å². The van der Waals surface area contributed by atoms with E-state index in [4.69, 9.17) is 4.74 Å². The van der Waals surface area contributed by atoms with Crippen molar-refractivity contribution in [2.45, 2.75) is 38.9 Å². The number of carbonyl (C=O) groups excluding carboxylic acids is 3. The molecule has 184 valence electrons. The minimum atomic E-state index is -4.51. The molecule has 1 atom stereocenters. The maximum absolute atomic E-state index is 12.8. The number of nitrogens with zero attached hydrogens (tertiary/aromatic N) is 1. The lowest BCUT2D eigenvalue weighted by molar-refractivity contribution is -0.141. The first-order chi connectivity index (χ1) is 16.1. The first-order valence-electron chi connectivity index (χ1n) is 10.8. The number of rotatable bonds is 8. The predicted molar refractivity (Wildman–Crippen MR) is 123 cm³/mol. The Balaban J connectivity index is 1.73. The van der Waals surface area contributed by atoms with Crippen LogP contribution < -0.4 is 10.6 Å². The van der Waals surface area contributed by atoms with E-state index in [-0.39, 0.29) is 18.7 Å². The van der Waals surface area contributed by atoms with E-state index in [2.05, 4.69) is 5.32 Å². The minimum absolute atomic E-state index is 0.165. The first kappa shape index (κ1) is 25.7. The molecule has 3 rings (SSSR count). The van der Waals surface area contributed by atoms with Gasteiger partial charge in [0.1, 0.15) is 17.1 Å². The monoisotopic (exact) mass is 497 g/mol. The molecule has 11 heteroatoms.